The number of hydrogen-bond donors (Lipinski definition) is 1. The van der Waals surface area contributed by atoms with Crippen molar-refractivity contribution in [3.05, 3.63) is 76.0 Å². The first-order valence-corrected chi connectivity index (χ1v) is 9.98. The Hall–Kier alpha value is -3.70. The second-order valence-electron chi connectivity index (χ2n) is 7.70. The maximum atomic E-state index is 12.5. The highest BCUT2D eigenvalue weighted by atomic mass is 16.5. The van der Waals surface area contributed by atoms with Gasteiger partial charge in [0.05, 0.1) is 24.4 Å². The molecule has 8 heteroatoms. The summed E-state index contributed by atoms with van der Waals surface area (Å²) in [5, 5.41) is 19.4. The van der Waals surface area contributed by atoms with E-state index in [9.17, 15) is 20.0 Å². The second kappa shape index (κ2) is 8.20. The van der Waals surface area contributed by atoms with Gasteiger partial charge < -0.3 is 9.84 Å². The van der Waals surface area contributed by atoms with Gasteiger partial charge in [0.2, 0.25) is 0 Å². The zero-order valence-corrected chi connectivity index (χ0v) is 17.1. The number of carboxylic acids is 1. The zero-order chi connectivity index (χ0) is 22.0. The van der Waals surface area contributed by atoms with Gasteiger partial charge in [-0.15, -0.1) is 0 Å². The van der Waals surface area contributed by atoms with Crippen molar-refractivity contribution < 1.29 is 14.6 Å². The highest BCUT2D eigenvalue weighted by Gasteiger charge is 2.38. The van der Waals surface area contributed by atoms with Gasteiger partial charge in [0.25, 0.3) is 5.56 Å². The average molecular weight is 418 g/mol. The predicted molar refractivity (Wildman–Crippen MR) is 113 cm³/mol. The lowest BCUT2D eigenvalue weighted by atomic mass is 9.76. The number of piperidine rings is 1. The summed E-state index contributed by atoms with van der Waals surface area (Å²) in [6.45, 7) is 1.78. The van der Waals surface area contributed by atoms with E-state index in [1.54, 1.807) is 31.6 Å². The number of carboxylic acid groups (broad SMARTS) is 1. The first-order valence-electron chi connectivity index (χ1n) is 9.98. The fourth-order valence-corrected chi connectivity index (χ4v) is 4.16. The molecule has 1 saturated heterocycles. The molecular weight excluding hydrogens is 396 g/mol. The van der Waals surface area contributed by atoms with Crippen LogP contribution in [0.15, 0.2) is 53.6 Å². The number of methoxy groups -OCH3 is 1. The van der Waals surface area contributed by atoms with E-state index in [0.717, 1.165) is 5.56 Å². The Labute approximate surface area is 178 Å². The third kappa shape index (κ3) is 3.76. The van der Waals surface area contributed by atoms with Crippen LogP contribution in [0.5, 0.6) is 5.75 Å². The van der Waals surface area contributed by atoms with Crippen molar-refractivity contribution in [2.45, 2.75) is 24.8 Å². The molecule has 4 heterocycles. The number of nitrogens with zero attached hydrogens (tertiary/aromatic N) is 4. The molecule has 0 aromatic carbocycles. The Bertz CT molecular complexity index is 1240. The quantitative estimate of drug-likeness (QED) is 0.678. The van der Waals surface area contributed by atoms with E-state index >= 15 is 0 Å². The lowest BCUT2D eigenvalue weighted by Crippen LogP contribution is -2.42. The number of hydrogen-bond acceptors (Lipinski definition) is 6. The smallest absolute Gasteiger partial charge is 0.341 e. The molecule has 0 unspecified atom stereocenters. The summed E-state index contributed by atoms with van der Waals surface area (Å²) in [4.78, 5) is 30.6. The van der Waals surface area contributed by atoms with Crippen LogP contribution in [0, 0.1) is 11.3 Å². The van der Waals surface area contributed by atoms with Gasteiger partial charge >= 0.3 is 5.97 Å². The molecule has 1 aliphatic rings. The molecule has 31 heavy (non-hydrogen) atoms. The molecule has 4 rings (SSSR count). The van der Waals surface area contributed by atoms with Crippen LogP contribution in [-0.4, -0.2) is 45.6 Å². The van der Waals surface area contributed by atoms with Crippen LogP contribution in [0.1, 0.15) is 34.5 Å². The van der Waals surface area contributed by atoms with E-state index in [1.807, 2.05) is 18.2 Å². The highest BCUT2D eigenvalue weighted by Crippen LogP contribution is 2.35. The van der Waals surface area contributed by atoms with Crippen LogP contribution in [0.4, 0.5) is 0 Å². The van der Waals surface area contributed by atoms with Crippen LogP contribution < -0.4 is 10.3 Å². The van der Waals surface area contributed by atoms with Crippen molar-refractivity contribution in [3.63, 3.8) is 0 Å². The zero-order valence-electron chi connectivity index (χ0n) is 17.1. The minimum Gasteiger partial charge on any atom is -0.497 e. The monoisotopic (exact) mass is 418 g/mol. The minimum atomic E-state index is -1.24. The van der Waals surface area contributed by atoms with Gasteiger partial charge in [-0.1, -0.05) is 6.07 Å². The fraction of sp³-hybridized carbons (Fsp3) is 0.304. The van der Waals surface area contributed by atoms with Crippen LogP contribution in [0.2, 0.25) is 0 Å². The number of nitriles is 1. The first kappa shape index (κ1) is 20.6. The number of ether oxygens (including phenoxy) is 1. The second-order valence-corrected chi connectivity index (χ2v) is 7.70. The lowest BCUT2D eigenvalue weighted by molar-refractivity contribution is 0.0694. The minimum absolute atomic E-state index is 0.248. The number of rotatable bonds is 5. The Balaban J connectivity index is 1.60. The van der Waals surface area contributed by atoms with E-state index in [1.165, 1.54) is 10.5 Å². The maximum Gasteiger partial charge on any atom is 0.341 e. The molecule has 158 valence electrons. The molecule has 0 saturated carbocycles. The normalized spacial score (nSPS) is 16.0. The molecule has 8 nitrogen and oxygen atoms in total. The van der Waals surface area contributed by atoms with E-state index in [2.05, 4.69) is 16.0 Å². The summed E-state index contributed by atoms with van der Waals surface area (Å²) >= 11 is 0. The summed E-state index contributed by atoms with van der Waals surface area (Å²) in [6, 6.07) is 12.8. The highest BCUT2D eigenvalue weighted by molar-refractivity contribution is 5.88. The number of carbonyl (C=O) groups is 1. The molecule has 0 atom stereocenters. The van der Waals surface area contributed by atoms with Gasteiger partial charge in [0.15, 0.2) is 0 Å². The molecule has 0 bridgehead atoms. The molecule has 1 aliphatic heterocycles. The van der Waals surface area contributed by atoms with E-state index in [-0.39, 0.29) is 5.56 Å². The Morgan fingerprint density at radius 2 is 2.06 bits per heavy atom. The molecule has 0 aliphatic carbocycles. The Morgan fingerprint density at radius 1 is 1.29 bits per heavy atom. The Kier molecular flexibility index (Phi) is 5.44. The summed E-state index contributed by atoms with van der Waals surface area (Å²) in [5.41, 5.74) is 0.678. The fourth-order valence-electron chi connectivity index (χ4n) is 4.16. The van der Waals surface area contributed by atoms with Crippen molar-refractivity contribution in [2.24, 2.45) is 0 Å². The third-order valence-electron chi connectivity index (χ3n) is 5.96. The number of pyridine rings is 3. The van der Waals surface area contributed by atoms with Crippen LogP contribution in [0.3, 0.4) is 0 Å². The van der Waals surface area contributed by atoms with E-state index in [4.69, 9.17) is 4.74 Å². The maximum absolute atomic E-state index is 12.5. The average Bonchev–Trinajstić information content (AvgIpc) is 2.81. The molecule has 1 fully saturated rings. The topological polar surface area (TPSA) is 108 Å². The van der Waals surface area contributed by atoms with Crippen molar-refractivity contribution in [1.82, 2.24) is 14.3 Å². The predicted octanol–water partition coefficient (Wildman–Crippen LogP) is 2.46. The number of fused-ring (bicyclic) bond motifs is 1. The molecule has 0 amide bonds. The van der Waals surface area contributed by atoms with E-state index < -0.39 is 16.9 Å². The van der Waals surface area contributed by atoms with Gasteiger partial charge in [-0.2, -0.15) is 5.26 Å². The van der Waals surface area contributed by atoms with Gasteiger partial charge in [-0.3, -0.25) is 19.1 Å². The van der Waals surface area contributed by atoms with Crippen LogP contribution in [0.25, 0.3) is 5.52 Å². The molecule has 3 aromatic heterocycles. The molecular formula is C23H22N4O4. The van der Waals surface area contributed by atoms with Gasteiger partial charge in [0, 0.05) is 38.1 Å². The van der Waals surface area contributed by atoms with Crippen molar-refractivity contribution in [2.75, 3.05) is 20.2 Å². The standard InChI is InChI=1S/C23H22N4O4/c1-31-17-5-8-25-20(13-17)23(15-24)6-10-26(11-7-23)14-16-12-18(22(29)30)21(28)27-9-3-2-4-19(16)27/h2-5,8-9,12-13H,6-7,10-11,14H2,1H3,(H,29,30). The van der Waals surface area contributed by atoms with Gasteiger partial charge in [-0.05, 0) is 42.7 Å². The van der Waals surface area contributed by atoms with Gasteiger partial charge in [0.1, 0.15) is 16.7 Å². The Morgan fingerprint density at radius 3 is 2.74 bits per heavy atom. The number of likely N-dealkylation sites (tertiary alicyclic amines) is 1. The molecule has 0 radical (unpaired) electrons. The SMILES string of the molecule is COc1ccnc(C2(C#N)CCN(Cc3cc(C(=O)O)c(=O)n4ccccc34)CC2)c1. The lowest BCUT2D eigenvalue weighted by Gasteiger charge is -2.37. The summed E-state index contributed by atoms with van der Waals surface area (Å²) in [5.74, 6) is -0.569. The van der Waals surface area contributed by atoms with Crippen molar-refractivity contribution in [1.29, 1.82) is 5.26 Å². The van der Waals surface area contributed by atoms with Crippen molar-refractivity contribution in [3.8, 4) is 11.8 Å². The van der Waals surface area contributed by atoms with Crippen LogP contribution in [-0.2, 0) is 12.0 Å². The van der Waals surface area contributed by atoms with Crippen molar-refractivity contribution >= 4 is 11.5 Å². The summed E-state index contributed by atoms with van der Waals surface area (Å²) in [6.07, 6.45) is 4.43. The molecule has 1 N–H and O–H groups in total. The van der Waals surface area contributed by atoms with Gasteiger partial charge in [-0.25, -0.2) is 4.79 Å². The molecule has 0 spiro atoms. The third-order valence-corrected chi connectivity index (χ3v) is 5.96. The summed E-state index contributed by atoms with van der Waals surface area (Å²) < 4.78 is 6.66. The number of aromatic carboxylic acids is 1. The molecule has 3 aromatic rings. The van der Waals surface area contributed by atoms with Crippen LogP contribution >= 0.6 is 0 Å². The van der Waals surface area contributed by atoms with E-state index in [0.29, 0.717) is 49.4 Å². The number of aromatic nitrogens is 2. The summed E-state index contributed by atoms with van der Waals surface area (Å²) in [7, 11) is 1.58. The largest absolute Gasteiger partial charge is 0.497 e. The first-order chi connectivity index (χ1) is 15.0.